The zero-order valence-electron chi connectivity index (χ0n) is 9.99. The molecule has 1 aromatic rings. The fourth-order valence-electron chi connectivity index (χ4n) is 1.69. The monoisotopic (exact) mass is 275 g/mol. The van der Waals surface area contributed by atoms with Gasteiger partial charge in [-0.05, 0) is 36.1 Å². The molecule has 96 valence electrons. The van der Waals surface area contributed by atoms with Crippen molar-refractivity contribution in [1.82, 2.24) is 4.72 Å². The van der Waals surface area contributed by atoms with Crippen molar-refractivity contribution < 1.29 is 13.5 Å². The van der Waals surface area contributed by atoms with Crippen LogP contribution in [0, 0.1) is 12.3 Å². The lowest BCUT2D eigenvalue weighted by Crippen LogP contribution is -2.29. The highest BCUT2D eigenvalue weighted by Crippen LogP contribution is 2.44. The zero-order valence-corrected chi connectivity index (χ0v) is 11.6. The van der Waals surface area contributed by atoms with Gasteiger partial charge in [-0.25, -0.2) is 13.1 Å². The number of sulfonamides is 1. The summed E-state index contributed by atoms with van der Waals surface area (Å²) in [5, 5.41) is 10.9. The van der Waals surface area contributed by atoms with Crippen LogP contribution in [0.25, 0.3) is 0 Å². The first-order valence-electron chi connectivity index (χ1n) is 5.55. The van der Waals surface area contributed by atoms with Crippen molar-refractivity contribution in [2.45, 2.75) is 38.2 Å². The maximum atomic E-state index is 12.2. The van der Waals surface area contributed by atoms with E-state index < -0.39 is 10.0 Å². The van der Waals surface area contributed by atoms with Gasteiger partial charge in [0.15, 0.2) is 0 Å². The number of nitrogens with one attached hydrogen (secondary N) is 1. The molecule has 1 aliphatic carbocycles. The van der Waals surface area contributed by atoms with E-state index in [0.29, 0.717) is 17.0 Å². The molecule has 1 heterocycles. The Morgan fingerprint density at radius 2 is 2.18 bits per heavy atom. The van der Waals surface area contributed by atoms with Crippen LogP contribution < -0.4 is 4.72 Å². The number of aryl methyl sites for hydroxylation is 1. The summed E-state index contributed by atoms with van der Waals surface area (Å²) in [5.41, 5.74) is 0.837. The molecule has 0 amide bonds. The van der Waals surface area contributed by atoms with Gasteiger partial charge in [-0.1, -0.05) is 6.92 Å². The molecular weight excluding hydrogens is 258 g/mol. The van der Waals surface area contributed by atoms with Crippen molar-refractivity contribution >= 4 is 21.4 Å². The van der Waals surface area contributed by atoms with Crippen molar-refractivity contribution in [2.75, 3.05) is 6.54 Å². The van der Waals surface area contributed by atoms with Crippen LogP contribution in [0.4, 0.5) is 0 Å². The molecule has 1 aromatic heterocycles. The highest BCUT2D eigenvalue weighted by molar-refractivity contribution is 7.89. The van der Waals surface area contributed by atoms with Gasteiger partial charge in [0.2, 0.25) is 10.0 Å². The largest absolute Gasteiger partial charge is 0.391 e. The lowest BCUT2D eigenvalue weighted by molar-refractivity contribution is 0.282. The molecule has 0 bridgehead atoms. The molecule has 0 aromatic carbocycles. The number of thiophene rings is 1. The minimum absolute atomic E-state index is 0.135. The number of aliphatic hydroxyl groups is 1. The van der Waals surface area contributed by atoms with Crippen LogP contribution in [0.1, 0.15) is 30.2 Å². The Morgan fingerprint density at radius 3 is 2.71 bits per heavy atom. The van der Waals surface area contributed by atoms with Gasteiger partial charge in [-0.3, -0.25) is 0 Å². The number of hydrogen-bond acceptors (Lipinski definition) is 4. The molecule has 1 saturated carbocycles. The van der Waals surface area contributed by atoms with E-state index in [0.717, 1.165) is 12.8 Å². The van der Waals surface area contributed by atoms with Crippen LogP contribution in [0.2, 0.25) is 0 Å². The van der Waals surface area contributed by atoms with Gasteiger partial charge in [0.25, 0.3) is 0 Å². The maximum absolute atomic E-state index is 12.2. The third-order valence-corrected chi connectivity index (χ3v) is 6.04. The molecule has 6 heteroatoms. The molecule has 17 heavy (non-hydrogen) atoms. The predicted octanol–water partition coefficient (Wildman–Crippen LogP) is 1.63. The molecule has 0 radical (unpaired) electrons. The Bertz CT molecular complexity index is 515. The Kier molecular flexibility index (Phi) is 3.33. The van der Waals surface area contributed by atoms with E-state index in [1.165, 1.54) is 11.3 Å². The smallest absolute Gasteiger partial charge is 0.242 e. The van der Waals surface area contributed by atoms with Crippen molar-refractivity contribution in [2.24, 2.45) is 5.41 Å². The summed E-state index contributed by atoms with van der Waals surface area (Å²) in [5.74, 6) is 0. The topological polar surface area (TPSA) is 66.4 Å². The van der Waals surface area contributed by atoms with Gasteiger partial charge in [-0.2, -0.15) is 0 Å². The molecule has 0 spiro atoms. The highest BCUT2D eigenvalue weighted by Gasteiger charge is 2.38. The Labute approximate surface area is 106 Å². The quantitative estimate of drug-likeness (QED) is 0.858. The second-order valence-electron chi connectivity index (χ2n) is 4.96. The van der Waals surface area contributed by atoms with Gasteiger partial charge >= 0.3 is 0 Å². The second-order valence-corrected chi connectivity index (χ2v) is 7.63. The summed E-state index contributed by atoms with van der Waals surface area (Å²) in [7, 11) is -3.48. The summed E-state index contributed by atoms with van der Waals surface area (Å²) in [4.78, 5) is 0.769. The van der Waals surface area contributed by atoms with E-state index in [1.54, 1.807) is 12.3 Å². The van der Waals surface area contributed by atoms with Crippen molar-refractivity contribution in [3.63, 3.8) is 0 Å². The molecule has 0 atom stereocenters. The van der Waals surface area contributed by atoms with Crippen molar-refractivity contribution in [1.29, 1.82) is 0 Å². The average molecular weight is 275 g/mol. The first kappa shape index (κ1) is 13.0. The third-order valence-electron chi connectivity index (χ3n) is 3.19. The summed E-state index contributed by atoms with van der Waals surface area (Å²) >= 11 is 1.28. The van der Waals surface area contributed by atoms with E-state index >= 15 is 0 Å². The summed E-state index contributed by atoms with van der Waals surface area (Å²) in [6, 6.07) is 0. The predicted molar refractivity (Wildman–Crippen MR) is 67.5 cm³/mol. The minimum Gasteiger partial charge on any atom is -0.391 e. The molecule has 0 saturated heterocycles. The summed E-state index contributed by atoms with van der Waals surface area (Å²) in [6.07, 6.45) is 2.15. The van der Waals surface area contributed by atoms with Gasteiger partial charge in [-0.15, -0.1) is 11.3 Å². The van der Waals surface area contributed by atoms with Gasteiger partial charge in [0.05, 0.1) is 11.5 Å². The van der Waals surface area contributed by atoms with Gasteiger partial charge < -0.3 is 5.11 Å². The normalized spacial score (nSPS) is 18.3. The Hall–Kier alpha value is -0.430. The van der Waals surface area contributed by atoms with Crippen molar-refractivity contribution in [3.8, 4) is 0 Å². The van der Waals surface area contributed by atoms with Gasteiger partial charge in [0.1, 0.15) is 4.90 Å². The first-order valence-corrected chi connectivity index (χ1v) is 7.92. The molecule has 1 aliphatic rings. The number of aliphatic hydroxyl groups excluding tert-OH is 1. The average Bonchev–Trinajstić information content (AvgIpc) is 2.87. The van der Waals surface area contributed by atoms with Gasteiger partial charge in [0, 0.05) is 6.54 Å². The molecule has 1 fully saturated rings. The third kappa shape index (κ3) is 2.70. The minimum atomic E-state index is -3.48. The number of rotatable bonds is 5. The standard InChI is InChI=1S/C11H17NO3S2/c1-8-6-16-9(5-13)10(8)17(14,15)12-7-11(2)3-4-11/h6,12-13H,3-5,7H2,1-2H3. The lowest BCUT2D eigenvalue weighted by atomic mass is 10.2. The molecule has 2 rings (SSSR count). The Balaban J connectivity index is 2.21. The van der Waals surface area contributed by atoms with Crippen LogP contribution in [0.5, 0.6) is 0 Å². The Morgan fingerprint density at radius 1 is 1.53 bits per heavy atom. The van der Waals surface area contributed by atoms with E-state index in [1.807, 2.05) is 0 Å². The second kappa shape index (κ2) is 4.35. The fraction of sp³-hybridized carbons (Fsp3) is 0.636. The molecular formula is C11H17NO3S2. The fourth-order valence-corrected chi connectivity index (χ4v) is 4.55. The maximum Gasteiger partial charge on any atom is 0.242 e. The number of hydrogen-bond donors (Lipinski definition) is 2. The van der Waals surface area contributed by atoms with E-state index in [-0.39, 0.29) is 16.9 Å². The van der Waals surface area contributed by atoms with Crippen LogP contribution in [-0.4, -0.2) is 20.1 Å². The summed E-state index contributed by atoms with van der Waals surface area (Å²) < 4.78 is 27.0. The van der Waals surface area contributed by atoms with Crippen LogP contribution in [-0.2, 0) is 16.6 Å². The van der Waals surface area contributed by atoms with E-state index in [9.17, 15) is 8.42 Å². The SMILES string of the molecule is Cc1csc(CO)c1S(=O)(=O)NCC1(C)CC1. The van der Waals surface area contributed by atoms with E-state index in [2.05, 4.69) is 11.6 Å². The van der Waals surface area contributed by atoms with Crippen LogP contribution in [0.3, 0.4) is 0 Å². The molecule has 0 unspecified atom stereocenters. The van der Waals surface area contributed by atoms with Crippen LogP contribution >= 0.6 is 11.3 Å². The zero-order chi connectivity index (χ0) is 12.7. The first-order chi connectivity index (χ1) is 7.88. The molecule has 0 aliphatic heterocycles. The summed E-state index contributed by atoms with van der Waals surface area (Å²) in [6.45, 7) is 4.08. The van der Waals surface area contributed by atoms with E-state index in [4.69, 9.17) is 5.11 Å². The lowest BCUT2D eigenvalue weighted by Gasteiger charge is -2.11. The highest BCUT2D eigenvalue weighted by atomic mass is 32.2. The molecule has 4 nitrogen and oxygen atoms in total. The molecule has 2 N–H and O–H groups in total. The van der Waals surface area contributed by atoms with Crippen LogP contribution in [0.15, 0.2) is 10.3 Å². The van der Waals surface area contributed by atoms with Crippen molar-refractivity contribution in [3.05, 3.63) is 15.8 Å².